The second-order valence-electron chi connectivity index (χ2n) is 5.98. The number of rotatable bonds is 7. The number of carbonyl (C=O) groups is 1. The Kier molecular flexibility index (Phi) is 6.17. The molecule has 0 fully saturated rings. The van der Waals surface area contributed by atoms with Gasteiger partial charge >= 0.3 is 0 Å². The summed E-state index contributed by atoms with van der Waals surface area (Å²) < 4.78 is 0. The lowest BCUT2D eigenvalue weighted by Crippen LogP contribution is -2.46. The van der Waals surface area contributed by atoms with E-state index in [4.69, 9.17) is 5.73 Å². The van der Waals surface area contributed by atoms with E-state index < -0.39 is 0 Å². The van der Waals surface area contributed by atoms with Crippen LogP contribution in [0.1, 0.15) is 38.3 Å². The topological polar surface area (TPSA) is 58.4 Å². The fourth-order valence-corrected chi connectivity index (χ4v) is 1.97. The molecule has 1 aromatic carbocycles. The van der Waals surface area contributed by atoms with Gasteiger partial charge in [-0.05, 0) is 38.4 Å². The predicted molar refractivity (Wildman–Crippen MR) is 83.2 cm³/mol. The largest absolute Gasteiger partial charge is 0.350 e. The number of nitrogens with zero attached hydrogens (tertiary/aromatic N) is 1. The monoisotopic (exact) mass is 277 g/mol. The molecule has 0 saturated heterocycles. The van der Waals surface area contributed by atoms with Crippen molar-refractivity contribution in [2.45, 2.75) is 45.8 Å². The first-order chi connectivity index (χ1) is 9.36. The van der Waals surface area contributed by atoms with Gasteiger partial charge in [-0.15, -0.1) is 0 Å². The SMILES string of the molecule is CCC(C)(C)NC(=O)CN(C)Cc1cccc(CN)c1. The van der Waals surface area contributed by atoms with Crippen LogP contribution < -0.4 is 11.1 Å². The lowest BCUT2D eigenvalue weighted by Gasteiger charge is -2.26. The van der Waals surface area contributed by atoms with Gasteiger partial charge in [-0.1, -0.05) is 31.2 Å². The lowest BCUT2D eigenvalue weighted by atomic mass is 10.0. The van der Waals surface area contributed by atoms with Crippen LogP contribution in [0.4, 0.5) is 0 Å². The van der Waals surface area contributed by atoms with E-state index in [-0.39, 0.29) is 11.4 Å². The van der Waals surface area contributed by atoms with Gasteiger partial charge in [0.1, 0.15) is 0 Å². The summed E-state index contributed by atoms with van der Waals surface area (Å²) in [5.74, 6) is 0.0642. The number of benzene rings is 1. The fourth-order valence-electron chi connectivity index (χ4n) is 1.97. The van der Waals surface area contributed by atoms with E-state index in [1.54, 1.807) is 0 Å². The van der Waals surface area contributed by atoms with Crippen molar-refractivity contribution in [1.82, 2.24) is 10.2 Å². The highest BCUT2D eigenvalue weighted by molar-refractivity contribution is 5.78. The number of carbonyl (C=O) groups excluding carboxylic acids is 1. The highest BCUT2D eigenvalue weighted by Crippen LogP contribution is 2.08. The normalized spacial score (nSPS) is 11.7. The van der Waals surface area contributed by atoms with Gasteiger partial charge in [-0.2, -0.15) is 0 Å². The molecule has 0 bridgehead atoms. The van der Waals surface area contributed by atoms with Crippen molar-refractivity contribution in [1.29, 1.82) is 0 Å². The van der Waals surface area contributed by atoms with Crippen LogP contribution in [0, 0.1) is 0 Å². The molecule has 0 atom stereocenters. The highest BCUT2D eigenvalue weighted by atomic mass is 16.2. The molecule has 0 unspecified atom stereocenters. The molecule has 4 nitrogen and oxygen atoms in total. The number of likely N-dealkylation sites (N-methyl/N-ethyl adjacent to an activating group) is 1. The van der Waals surface area contributed by atoms with E-state index in [0.717, 1.165) is 18.5 Å². The molecule has 0 spiro atoms. The van der Waals surface area contributed by atoms with Gasteiger partial charge in [-0.3, -0.25) is 9.69 Å². The third-order valence-corrected chi connectivity index (χ3v) is 3.45. The second-order valence-corrected chi connectivity index (χ2v) is 5.98. The van der Waals surface area contributed by atoms with E-state index in [2.05, 4.69) is 24.4 Å². The van der Waals surface area contributed by atoms with Crippen LogP contribution in [0.5, 0.6) is 0 Å². The maximum atomic E-state index is 12.0. The van der Waals surface area contributed by atoms with Crippen LogP contribution in [0.2, 0.25) is 0 Å². The summed E-state index contributed by atoms with van der Waals surface area (Å²) in [6.07, 6.45) is 0.918. The smallest absolute Gasteiger partial charge is 0.234 e. The molecule has 0 aliphatic rings. The Hall–Kier alpha value is -1.39. The Balaban J connectivity index is 2.50. The molecular weight excluding hydrogens is 250 g/mol. The third-order valence-electron chi connectivity index (χ3n) is 3.45. The molecule has 1 rings (SSSR count). The maximum absolute atomic E-state index is 12.0. The average molecular weight is 277 g/mol. The van der Waals surface area contributed by atoms with Crippen molar-refractivity contribution in [3.05, 3.63) is 35.4 Å². The third kappa shape index (κ3) is 5.72. The molecular formula is C16H27N3O. The van der Waals surface area contributed by atoms with Gasteiger partial charge in [0.2, 0.25) is 5.91 Å². The molecule has 0 aliphatic carbocycles. The standard InChI is InChI=1S/C16H27N3O/c1-5-16(2,3)18-15(20)12-19(4)11-14-8-6-7-13(9-14)10-17/h6-9H,5,10-12,17H2,1-4H3,(H,18,20). The van der Waals surface area contributed by atoms with Gasteiger partial charge in [-0.25, -0.2) is 0 Å². The van der Waals surface area contributed by atoms with E-state index in [9.17, 15) is 4.79 Å². The average Bonchev–Trinajstić information content (AvgIpc) is 2.37. The van der Waals surface area contributed by atoms with E-state index >= 15 is 0 Å². The molecule has 3 N–H and O–H groups in total. The fraction of sp³-hybridized carbons (Fsp3) is 0.562. The van der Waals surface area contributed by atoms with Crippen LogP contribution in [-0.4, -0.2) is 29.9 Å². The zero-order chi connectivity index (χ0) is 15.2. The van der Waals surface area contributed by atoms with Crippen molar-refractivity contribution in [2.75, 3.05) is 13.6 Å². The van der Waals surface area contributed by atoms with E-state index in [1.807, 2.05) is 37.9 Å². The Morgan fingerprint density at radius 2 is 2.00 bits per heavy atom. The van der Waals surface area contributed by atoms with Crippen molar-refractivity contribution in [3.8, 4) is 0 Å². The molecule has 1 aromatic rings. The Bertz CT molecular complexity index is 443. The zero-order valence-electron chi connectivity index (χ0n) is 13.1. The van der Waals surface area contributed by atoms with Crippen molar-refractivity contribution < 1.29 is 4.79 Å². The minimum absolute atomic E-state index is 0.0642. The second kappa shape index (κ2) is 7.41. The van der Waals surface area contributed by atoms with Crippen LogP contribution >= 0.6 is 0 Å². The van der Waals surface area contributed by atoms with Crippen LogP contribution in [0.3, 0.4) is 0 Å². The number of nitrogens with two attached hydrogens (primary N) is 1. The molecule has 1 amide bonds. The zero-order valence-corrected chi connectivity index (χ0v) is 13.1. The molecule has 0 aromatic heterocycles. The van der Waals surface area contributed by atoms with Crippen LogP contribution in [0.15, 0.2) is 24.3 Å². The first kappa shape index (κ1) is 16.7. The molecule has 0 aliphatic heterocycles. The van der Waals surface area contributed by atoms with Crippen LogP contribution in [0.25, 0.3) is 0 Å². The predicted octanol–water partition coefficient (Wildman–Crippen LogP) is 1.88. The van der Waals surface area contributed by atoms with Gasteiger partial charge in [0.25, 0.3) is 0 Å². The molecule has 0 heterocycles. The van der Waals surface area contributed by atoms with Gasteiger partial charge in [0, 0.05) is 18.6 Å². The first-order valence-corrected chi connectivity index (χ1v) is 7.13. The highest BCUT2D eigenvalue weighted by Gasteiger charge is 2.18. The molecule has 4 heteroatoms. The Labute approximate surface area is 122 Å². The van der Waals surface area contributed by atoms with Gasteiger partial charge in [0.15, 0.2) is 0 Å². The summed E-state index contributed by atoms with van der Waals surface area (Å²) in [5, 5.41) is 3.04. The Morgan fingerprint density at radius 1 is 1.35 bits per heavy atom. The molecule has 0 saturated carbocycles. The van der Waals surface area contributed by atoms with Crippen molar-refractivity contribution in [2.24, 2.45) is 5.73 Å². The summed E-state index contributed by atoms with van der Waals surface area (Å²) in [4.78, 5) is 14.0. The summed E-state index contributed by atoms with van der Waals surface area (Å²) >= 11 is 0. The van der Waals surface area contributed by atoms with Gasteiger partial charge in [0.05, 0.1) is 6.54 Å². The Morgan fingerprint density at radius 3 is 2.60 bits per heavy atom. The number of hydrogen-bond acceptors (Lipinski definition) is 3. The summed E-state index contributed by atoms with van der Waals surface area (Å²) in [7, 11) is 1.95. The minimum Gasteiger partial charge on any atom is -0.350 e. The number of nitrogens with one attached hydrogen (secondary N) is 1. The van der Waals surface area contributed by atoms with Gasteiger partial charge < -0.3 is 11.1 Å². The minimum atomic E-state index is -0.141. The first-order valence-electron chi connectivity index (χ1n) is 7.13. The molecule has 20 heavy (non-hydrogen) atoms. The number of amides is 1. The number of hydrogen-bond donors (Lipinski definition) is 2. The molecule has 112 valence electrons. The maximum Gasteiger partial charge on any atom is 0.234 e. The van der Waals surface area contributed by atoms with Crippen LogP contribution in [-0.2, 0) is 17.9 Å². The van der Waals surface area contributed by atoms with Crippen molar-refractivity contribution in [3.63, 3.8) is 0 Å². The summed E-state index contributed by atoms with van der Waals surface area (Å²) in [6, 6.07) is 8.17. The van der Waals surface area contributed by atoms with E-state index in [1.165, 1.54) is 5.56 Å². The van der Waals surface area contributed by atoms with Crippen molar-refractivity contribution >= 4 is 5.91 Å². The quantitative estimate of drug-likeness (QED) is 0.800. The molecule has 0 radical (unpaired) electrons. The summed E-state index contributed by atoms with van der Waals surface area (Å²) in [6.45, 7) is 7.83. The summed E-state index contributed by atoms with van der Waals surface area (Å²) in [5.41, 5.74) is 7.79. The lowest BCUT2D eigenvalue weighted by molar-refractivity contribution is -0.123. The van der Waals surface area contributed by atoms with E-state index in [0.29, 0.717) is 13.1 Å².